The average molecular weight is 518 g/mol. The standard InChI is InChI=1S/C26H35N3O4S2/c1-18-26(34-19(2)27-18)35(32,33)29(16-22-12-13-22)17-24(30)23(14-20-8-4-3-5-9-20)28-25(31)15-21-10-6-7-11-21/h3-6,8-10,21-24,30H,7,11-17H2,1-2H3,(H,28,31)/t21?,23-,24+/m0/s1. The molecule has 4 rings (SSSR count). The molecule has 3 atom stereocenters. The van der Waals surface area contributed by atoms with Crippen molar-refractivity contribution in [2.45, 2.75) is 68.7 Å². The number of aryl methyl sites for hydroxylation is 2. The van der Waals surface area contributed by atoms with Crippen molar-refractivity contribution in [3.8, 4) is 0 Å². The van der Waals surface area contributed by atoms with E-state index in [-0.39, 0.29) is 22.6 Å². The minimum absolute atomic E-state index is 0.0731. The van der Waals surface area contributed by atoms with E-state index in [1.165, 1.54) is 15.6 Å². The van der Waals surface area contributed by atoms with Gasteiger partial charge in [0.25, 0.3) is 10.0 Å². The molecule has 35 heavy (non-hydrogen) atoms. The van der Waals surface area contributed by atoms with E-state index in [0.29, 0.717) is 36.0 Å². The zero-order valence-electron chi connectivity index (χ0n) is 20.4. The Kier molecular flexibility index (Phi) is 8.42. The molecule has 9 heteroatoms. The fourth-order valence-corrected chi connectivity index (χ4v) is 7.74. The number of nitrogens with zero attached hydrogens (tertiary/aromatic N) is 2. The zero-order chi connectivity index (χ0) is 25.0. The topological polar surface area (TPSA) is 99.6 Å². The lowest BCUT2D eigenvalue weighted by Gasteiger charge is -2.30. The van der Waals surface area contributed by atoms with Gasteiger partial charge < -0.3 is 10.4 Å². The molecule has 7 nitrogen and oxygen atoms in total. The number of rotatable bonds is 12. The summed E-state index contributed by atoms with van der Waals surface area (Å²) >= 11 is 1.17. The maximum absolute atomic E-state index is 13.6. The van der Waals surface area contributed by atoms with Crippen molar-refractivity contribution in [2.24, 2.45) is 11.8 Å². The molecule has 190 valence electrons. The zero-order valence-corrected chi connectivity index (χ0v) is 22.0. The lowest BCUT2D eigenvalue weighted by Crippen LogP contribution is -2.51. The minimum atomic E-state index is -3.81. The van der Waals surface area contributed by atoms with Gasteiger partial charge in [-0.1, -0.05) is 42.5 Å². The highest BCUT2D eigenvalue weighted by molar-refractivity contribution is 7.91. The van der Waals surface area contributed by atoms with Crippen molar-refractivity contribution in [3.63, 3.8) is 0 Å². The lowest BCUT2D eigenvalue weighted by atomic mass is 9.99. The smallest absolute Gasteiger partial charge is 0.254 e. The number of allylic oxidation sites excluding steroid dienone is 2. The maximum Gasteiger partial charge on any atom is 0.254 e. The third kappa shape index (κ3) is 7.00. The molecule has 0 spiro atoms. The molecule has 1 aromatic heterocycles. The lowest BCUT2D eigenvalue weighted by molar-refractivity contribution is -0.123. The molecule has 1 fully saturated rings. The van der Waals surface area contributed by atoms with Crippen molar-refractivity contribution in [3.05, 3.63) is 58.7 Å². The second-order valence-electron chi connectivity index (χ2n) is 9.77. The van der Waals surface area contributed by atoms with E-state index in [4.69, 9.17) is 0 Å². The molecule has 0 saturated heterocycles. The Morgan fingerprint density at radius 2 is 1.97 bits per heavy atom. The highest BCUT2D eigenvalue weighted by Crippen LogP contribution is 2.34. The molecular weight excluding hydrogens is 482 g/mol. The van der Waals surface area contributed by atoms with Crippen LogP contribution in [0.25, 0.3) is 0 Å². The number of hydrogen-bond donors (Lipinski definition) is 2. The first kappa shape index (κ1) is 26.0. The van der Waals surface area contributed by atoms with Crippen LogP contribution in [0.15, 0.2) is 46.7 Å². The molecular formula is C26H35N3O4S2. The molecule has 2 N–H and O–H groups in total. The van der Waals surface area contributed by atoms with E-state index in [9.17, 15) is 18.3 Å². The summed E-state index contributed by atoms with van der Waals surface area (Å²) in [6.07, 6.45) is 7.83. The summed E-state index contributed by atoms with van der Waals surface area (Å²) < 4.78 is 28.8. The number of aromatic nitrogens is 1. The van der Waals surface area contributed by atoms with Gasteiger partial charge >= 0.3 is 0 Å². The third-order valence-corrected chi connectivity index (χ3v) is 10.1. The molecule has 1 amide bonds. The Balaban J connectivity index is 1.53. The minimum Gasteiger partial charge on any atom is -0.390 e. The fourth-order valence-electron chi connectivity index (χ4n) is 4.58. The van der Waals surface area contributed by atoms with Crippen LogP contribution in [0.2, 0.25) is 0 Å². The van der Waals surface area contributed by atoms with E-state index in [1.807, 2.05) is 30.3 Å². The van der Waals surface area contributed by atoms with Crippen molar-refractivity contribution in [1.29, 1.82) is 0 Å². The Hall–Kier alpha value is -2.07. The summed E-state index contributed by atoms with van der Waals surface area (Å²) in [7, 11) is -3.81. The van der Waals surface area contributed by atoms with Gasteiger partial charge in [0, 0.05) is 19.5 Å². The van der Waals surface area contributed by atoms with Gasteiger partial charge in [0.05, 0.1) is 22.8 Å². The van der Waals surface area contributed by atoms with Crippen molar-refractivity contribution in [1.82, 2.24) is 14.6 Å². The maximum atomic E-state index is 13.6. The summed E-state index contributed by atoms with van der Waals surface area (Å²) in [5, 5.41) is 15.0. The number of benzene rings is 1. The van der Waals surface area contributed by atoms with Gasteiger partial charge in [-0.3, -0.25) is 4.79 Å². The monoisotopic (exact) mass is 517 g/mol. The van der Waals surface area contributed by atoms with Crippen LogP contribution in [-0.4, -0.2) is 54.0 Å². The molecule has 1 heterocycles. The van der Waals surface area contributed by atoms with E-state index in [0.717, 1.165) is 31.2 Å². The number of aliphatic hydroxyl groups is 1. The second-order valence-corrected chi connectivity index (χ2v) is 13.1. The van der Waals surface area contributed by atoms with Gasteiger partial charge in [0.15, 0.2) is 4.21 Å². The third-order valence-electron chi connectivity index (χ3n) is 6.65. The van der Waals surface area contributed by atoms with Gasteiger partial charge in [-0.05, 0) is 63.4 Å². The molecule has 2 aliphatic rings. The molecule has 1 aromatic carbocycles. The van der Waals surface area contributed by atoms with Crippen molar-refractivity contribution >= 4 is 27.3 Å². The van der Waals surface area contributed by atoms with Crippen LogP contribution < -0.4 is 5.32 Å². The number of aliphatic hydroxyl groups excluding tert-OH is 1. The van der Waals surface area contributed by atoms with Gasteiger partial charge in [0.2, 0.25) is 5.91 Å². The number of hydrogen-bond acceptors (Lipinski definition) is 6. The molecule has 2 aromatic rings. The first-order valence-corrected chi connectivity index (χ1v) is 14.6. The molecule has 0 radical (unpaired) electrons. The van der Waals surface area contributed by atoms with Crippen LogP contribution in [0.1, 0.15) is 48.4 Å². The highest BCUT2D eigenvalue weighted by atomic mass is 32.2. The van der Waals surface area contributed by atoms with Gasteiger partial charge in [-0.2, -0.15) is 4.31 Å². The summed E-state index contributed by atoms with van der Waals surface area (Å²) in [6.45, 7) is 3.80. The summed E-state index contributed by atoms with van der Waals surface area (Å²) in [6, 6.07) is 9.06. The van der Waals surface area contributed by atoms with Crippen LogP contribution in [0.3, 0.4) is 0 Å². The van der Waals surface area contributed by atoms with Crippen LogP contribution in [-0.2, 0) is 21.2 Å². The van der Waals surface area contributed by atoms with E-state index in [2.05, 4.69) is 22.5 Å². The van der Waals surface area contributed by atoms with Crippen LogP contribution in [0, 0.1) is 25.7 Å². The van der Waals surface area contributed by atoms with E-state index in [1.54, 1.807) is 13.8 Å². The Morgan fingerprint density at radius 3 is 2.57 bits per heavy atom. The Bertz CT molecular complexity index is 1140. The number of sulfonamides is 1. The summed E-state index contributed by atoms with van der Waals surface area (Å²) in [4.78, 5) is 17.1. The van der Waals surface area contributed by atoms with E-state index < -0.39 is 22.2 Å². The van der Waals surface area contributed by atoms with Crippen LogP contribution in [0.5, 0.6) is 0 Å². The SMILES string of the molecule is Cc1nc(C)c(S(=O)(=O)N(CC2CC2)C[C@@H](O)[C@H](Cc2ccccc2)NC(=O)CC2C=CCC2)s1. The normalized spacial score (nSPS) is 19.7. The molecule has 2 aliphatic carbocycles. The molecule has 0 bridgehead atoms. The number of thiazole rings is 1. The first-order chi connectivity index (χ1) is 16.7. The van der Waals surface area contributed by atoms with Gasteiger partial charge in [-0.25, -0.2) is 13.4 Å². The van der Waals surface area contributed by atoms with Crippen LogP contribution >= 0.6 is 11.3 Å². The quantitative estimate of drug-likeness (QED) is 0.419. The van der Waals surface area contributed by atoms with E-state index >= 15 is 0 Å². The Labute approximate surface area is 212 Å². The summed E-state index contributed by atoms with van der Waals surface area (Å²) in [5.41, 5.74) is 1.46. The number of carbonyl (C=O) groups excluding carboxylic acids is 1. The van der Waals surface area contributed by atoms with Gasteiger partial charge in [0.1, 0.15) is 0 Å². The summed E-state index contributed by atoms with van der Waals surface area (Å²) in [5.74, 6) is 0.406. The number of carbonyl (C=O) groups is 1. The molecule has 1 saturated carbocycles. The first-order valence-electron chi connectivity index (χ1n) is 12.3. The predicted octanol–water partition coefficient (Wildman–Crippen LogP) is 3.61. The van der Waals surface area contributed by atoms with Crippen LogP contribution in [0.4, 0.5) is 0 Å². The largest absolute Gasteiger partial charge is 0.390 e. The van der Waals surface area contributed by atoms with Gasteiger partial charge in [-0.15, -0.1) is 11.3 Å². The number of amides is 1. The molecule has 1 unspecified atom stereocenters. The molecule has 0 aliphatic heterocycles. The fraction of sp³-hybridized carbons (Fsp3) is 0.538. The van der Waals surface area contributed by atoms with Crippen molar-refractivity contribution in [2.75, 3.05) is 13.1 Å². The second kappa shape index (κ2) is 11.3. The van der Waals surface area contributed by atoms with Crippen molar-refractivity contribution < 1.29 is 18.3 Å². The highest BCUT2D eigenvalue weighted by Gasteiger charge is 2.37. The average Bonchev–Trinajstić information content (AvgIpc) is 3.35. The Morgan fingerprint density at radius 1 is 1.23 bits per heavy atom. The predicted molar refractivity (Wildman–Crippen MR) is 138 cm³/mol. The number of nitrogens with one attached hydrogen (secondary N) is 1.